The molecule has 3 N–H and O–H groups in total. The fourth-order valence-electron chi connectivity index (χ4n) is 2.44. The van der Waals surface area contributed by atoms with E-state index in [9.17, 15) is 18.7 Å². The molecule has 0 spiro atoms. The molecule has 1 heterocycles. The normalized spacial score (nSPS) is 13.6. The van der Waals surface area contributed by atoms with Crippen molar-refractivity contribution in [2.75, 3.05) is 11.9 Å². The van der Waals surface area contributed by atoms with E-state index in [-0.39, 0.29) is 17.8 Å². The highest BCUT2D eigenvalue weighted by molar-refractivity contribution is 5.89. The first kappa shape index (κ1) is 17.9. The van der Waals surface area contributed by atoms with Gasteiger partial charge in [0.05, 0.1) is 6.54 Å². The summed E-state index contributed by atoms with van der Waals surface area (Å²) in [5.41, 5.74) is -0.658. The van der Waals surface area contributed by atoms with E-state index in [0.717, 1.165) is 0 Å². The maximum absolute atomic E-state index is 12.6. The number of carbonyl (C=O) groups excluding carboxylic acids is 1. The molecule has 0 saturated heterocycles. The number of hydrogen-bond acceptors (Lipinski definition) is 3. The van der Waals surface area contributed by atoms with Gasteiger partial charge in [0.1, 0.15) is 17.1 Å². The molecule has 2 amide bonds. The summed E-state index contributed by atoms with van der Waals surface area (Å²) in [4.78, 5) is 11.9. The molecule has 7 heteroatoms. The predicted octanol–water partition coefficient (Wildman–Crippen LogP) is 3.86. The number of anilines is 1. The molecule has 2 aromatic rings. The van der Waals surface area contributed by atoms with Gasteiger partial charge in [-0.3, -0.25) is 0 Å². The SMILES string of the molecule is Cc1cc(C(C)(O)CNC(=O)Nc2cccc(C(F)F)c2)c(C)o1. The van der Waals surface area contributed by atoms with E-state index >= 15 is 0 Å². The van der Waals surface area contributed by atoms with Crippen LogP contribution in [0.25, 0.3) is 0 Å². The summed E-state index contributed by atoms with van der Waals surface area (Å²) >= 11 is 0. The lowest BCUT2D eigenvalue weighted by Crippen LogP contribution is -2.40. The number of furan rings is 1. The van der Waals surface area contributed by atoms with Gasteiger partial charge in [-0.15, -0.1) is 0 Å². The minimum Gasteiger partial charge on any atom is -0.466 e. The molecule has 0 fully saturated rings. The first-order chi connectivity index (χ1) is 11.2. The van der Waals surface area contributed by atoms with Crippen molar-refractivity contribution in [3.8, 4) is 0 Å². The Hall–Kier alpha value is -2.41. The monoisotopic (exact) mass is 338 g/mol. The third kappa shape index (κ3) is 4.32. The van der Waals surface area contributed by atoms with Gasteiger partial charge >= 0.3 is 6.03 Å². The molecular weight excluding hydrogens is 318 g/mol. The van der Waals surface area contributed by atoms with E-state index in [0.29, 0.717) is 17.1 Å². The van der Waals surface area contributed by atoms with Crippen molar-refractivity contribution in [1.29, 1.82) is 0 Å². The zero-order valence-corrected chi connectivity index (χ0v) is 13.7. The van der Waals surface area contributed by atoms with Crippen LogP contribution in [0.2, 0.25) is 0 Å². The van der Waals surface area contributed by atoms with Crippen LogP contribution >= 0.6 is 0 Å². The Morgan fingerprint density at radius 3 is 2.62 bits per heavy atom. The van der Waals surface area contributed by atoms with Gasteiger partial charge in [0.15, 0.2) is 0 Å². The molecule has 1 aromatic carbocycles. The zero-order chi connectivity index (χ0) is 17.9. The van der Waals surface area contributed by atoms with Crippen LogP contribution in [0.1, 0.15) is 36.0 Å². The molecule has 130 valence electrons. The van der Waals surface area contributed by atoms with Crippen LogP contribution in [0.5, 0.6) is 0 Å². The molecule has 5 nitrogen and oxygen atoms in total. The first-order valence-electron chi connectivity index (χ1n) is 7.42. The molecule has 0 saturated carbocycles. The number of nitrogens with one attached hydrogen (secondary N) is 2. The van der Waals surface area contributed by atoms with Gasteiger partial charge in [-0.05, 0) is 39.0 Å². The van der Waals surface area contributed by atoms with Gasteiger partial charge in [0.2, 0.25) is 0 Å². The van der Waals surface area contributed by atoms with E-state index in [1.165, 1.54) is 24.3 Å². The van der Waals surface area contributed by atoms with Crippen molar-refractivity contribution in [1.82, 2.24) is 5.32 Å². The lowest BCUT2D eigenvalue weighted by Gasteiger charge is -2.23. The number of rotatable bonds is 5. The summed E-state index contributed by atoms with van der Waals surface area (Å²) in [6, 6.07) is 6.53. The summed E-state index contributed by atoms with van der Waals surface area (Å²) < 4.78 is 30.7. The molecule has 1 unspecified atom stereocenters. The largest absolute Gasteiger partial charge is 0.466 e. The van der Waals surface area contributed by atoms with Gasteiger partial charge in [0.25, 0.3) is 6.43 Å². The fourth-order valence-corrected chi connectivity index (χ4v) is 2.44. The molecule has 0 aliphatic heterocycles. The number of aryl methyl sites for hydroxylation is 2. The number of benzene rings is 1. The van der Waals surface area contributed by atoms with Crippen LogP contribution < -0.4 is 10.6 Å². The second kappa shape index (κ2) is 7.00. The summed E-state index contributed by atoms with van der Waals surface area (Å²) in [6.45, 7) is 4.99. The quantitative estimate of drug-likeness (QED) is 0.775. The van der Waals surface area contributed by atoms with Gasteiger partial charge in [0, 0.05) is 16.8 Å². The maximum Gasteiger partial charge on any atom is 0.319 e. The molecule has 0 radical (unpaired) electrons. The summed E-state index contributed by atoms with van der Waals surface area (Å²) in [7, 11) is 0. The highest BCUT2D eigenvalue weighted by atomic mass is 19.3. The van der Waals surface area contributed by atoms with Crippen LogP contribution in [0, 0.1) is 13.8 Å². The first-order valence-corrected chi connectivity index (χ1v) is 7.42. The van der Waals surface area contributed by atoms with E-state index in [4.69, 9.17) is 4.42 Å². The molecule has 0 bridgehead atoms. The lowest BCUT2D eigenvalue weighted by atomic mass is 9.96. The summed E-state index contributed by atoms with van der Waals surface area (Å²) in [5.74, 6) is 1.24. The number of halogens is 2. The molecule has 1 atom stereocenters. The minimum atomic E-state index is -2.61. The van der Waals surface area contributed by atoms with E-state index < -0.39 is 18.1 Å². The van der Waals surface area contributed by atoms with Crippen LogP contribution in [0.3, 0.4) is 0 Å². The fraction of sp³-hybridized carbons (Fsp3) is 0.353. The van der Waals surface area contributed by atoms with Gasteiger partial charge in [-0.25, -0.2) is 13.6 Å². The van der Waals surface area contributed by atoms with Crippen molar-refractivity contribution in [2.45, 2.75) is 32.8 Å². The summed E-state index contributed by atoms with van der Waals surface area (Å²) in [5, 5.41) is 15.5. The highest BCUT2D eigenvalue weighted by Gasteiger charge is 2.28. The number of carbonyl (C=O) groups is 1. The van der Waals surface area contributed by atoms with Crippen molar-refractivity contribution < 1.29 is 23.1 Å². The molecule has 2 rings (SSSR count). The summed E-state index contributed by atoms with van der Waals surface area (Å²) in [6.07, 6.45) is -2.61. The maximum atomic E-state index is 12.6. The predicted molar refractivity (Wildman–Crippen MR) is 86.2 cm³/mol. The molecular formula is C17H20F2N2O3. The Balaban J connectivity index is 1.98. The van der Waals surface area contributed by atoms with Gasteiger partial charge in [-0.2, -0.15) is 0 Å². The van der Waals surface area contributed by atoms with Crippen LogP contribution in [-0.4, -0.2) is 17.7 Å². The third-order valence-electron chi connectivity index (χ3n) is 3.61. The van der Waals surface area contributed by atoms with E-state index in [1.807, 2.05) is 0 Å². The number of aliphatic hydroxyl groups is 1. The second-order valence-electron chi connectivity index (χ2n) is 5.83. The Morgan fingerprint density at radius 1 is 1.33 bits per heavy atom. The standard InChI is InChI=1S/C17H20F2N2O3/c1-10-7-14(11(2)24-10)17(3,23)9-20-16(22)21-13-6-4-5-12(8-13)15(18)19/h4-8,15,23H,9H2,1-3H3,(H2,20,21,22). The van der Waals surface area contributed by atoms with Crippen molar-refractivity contribution >= 4 is 11.7 Å². The van der Waals surface area contributed by atoms with E-state index in [1.54, 1.807) is 26.8 Å². The Labute approximate surface area is 138 Å². The molecule has 0 aliphatic rings. The lowest BCUT2D eigenvalue weighted by molar-refractivity contribution is 0.0584. The third-order valence-corrected chi connectivity index (χ3v) is 3.61. The van der Waals surface area contributed by atoms with Gasteiger partial charge < -0.3 is 20.2 Å². The number of alkyl halides is 2. The topological polar surface area (TPSA) is 74.5 Å². The van der Waals surface area contributed by atoms with Crippen LogP contribution in [0.4, 0.5) is 19.3 Å². The molecule has 1 aromatic heterocycles. The van der Waals surface area contributed by atoms with Crippen LogP contribution in [0.15, 0.2) is 34.7 Å². The highest BCUT2D eigenvalue weighted by Crippen LogP contribution is 2.26. The number of urea groups is 1. The molecule has 24 heavy (non-hydrogen) atoms. The number of amides is 2. The van der Waals surface area contributed by atoms with Crippen molar-refractivity contribution in [3.05, 3.63) is 53.0 Å². The van der Waals surface area contributed by atoms with Gasteiger partial charge in [-0.1, -0.05) is 12.1 Å². The average molecular weight is 338 g/mol. The minimum absolute atomic E-state index is 0.0623. The molecule has 0 aliphatic carbocycles. The van der Waals surface area contributed by atoms with Crippen LogP contribution in [-0.2, 0) is 5.60 Å². The van der Waals surface area contributed by atoms with Crippen molar-refractivity contribution in [2.24, 2.45) is 0 Å². The average Bonchev–Trinajstić information content (AvgIpc) is 2.85. The second-order valence-corrected chi connectivity index (χ2v) is 5.83. The zero-order valence-electron chi connectivity index (χ0n) is 13.7. The Morgan fingerprint density at radius 2 is 2.04 bits per heavy atom. The van der Waals surface area contributed by atoms with E-state index in [2.05, 4.69) is 10.6 Å². The number of hydrogen-bond donors (Lipinski definition) is 3. The smallest absolute Gasteiger partial charge is 0.319 e. The Kier molecular flexibility index (Phi) is 5.23. The van der Waals surface area contributed by atoms with Crippen molar-refractivity contribution in [3.63, 3.8) is 0 Å². The Bertz CT molecular complexity index is 726.